The van der Waals surface area contributed by atoms with E-state index < -0.39 is 5.54 Å². The Morgan fingerprint density at radius 1 is 1.10 bits per heavy atom. The molecule has 3 rings (SSSR count). The maximum Gasteiger partial charge on any atom is 0.325 e. The zero-order chi connectivity index (χ0) is 14.9. The zero-order valence-electron chi connectivity index (χ0n) is 11.9. The first-order valence-corrected chi connectivity index (χ1v) is 7.27. The number of hydrogen-bond donors (Lipinski definition) is 3. The van der Waals surface area contributed by atoms with Crippen LogP contribution in [0.1, 0.15) is 24.0 Å². The predicted molar refractivity (Wildman–Crippen MR) is 78.2 cm³/mol. The molecule has 1 aromatic rings. The summed E-state index contributed by atoms with van der Waals surface area (Å²) in [6.07, 6.45) is 1.31. The summed E-state index contributed by atoms with van der Waals surface area (Å²) in [5.41, 5.74) is 6.84. The summed E-state index contributed by atoms with van der Waals surface area (Å²) >= 11 is 0. The number of nitrogens with two attached hydrogens (primary N) is 1. The molecule has 0 radical (unpaired) electrons. The monoisotopic (exact) mass is 288 g/mol. The molecule has 112 valence electrons. The second kappa shape index (κ2) is 5.46. The minimum absolute atomic E-state index is 0.100. The molecule has 2 aliphatic heterocycles. The third-order valence-electron chi connectivity index (χ3n) is 4.30. The number of nitrogens with zero attached hydrogens (tertiary/aromatic N) is 1. The fourth-order valence-corrected chi connectivity index (χ4v) is 2.98. The quantitative estimate of drug-likeness (QED) is 0.699. The Morgan fingerprint density at radius 2 is 1.71 bits per heavy atom. The van der Waals surface area contributed by atoms with E-state index in [1.54, 1.807) is 0 Å². The molecule has 0 aromatic heterocycles. The van der Waals surface area contributed by atoms with E-state index in [-0.39, 0.29) is 11.9 Å². The van der Waals surface area contributed by atoms with Crippen molar-refractivity contribution in [3.05, 3.63) is 35.4 Å². The van der Waals surface area contributed by atoms with Gasteiger partial charge in [0.25, 0.3) is 5.91 Å². The summed E-state index contributed by atoms with van der Waals surface area (Å²) in [4.78, 5) is 26.1. The van der Waals surface area contributed by atoms with Crippen molar-refractivity contribution in [3.63, 3.8) is 0 Å². The number of carbonyl (C=O) groups excluding carboxylic acids is 2. The number of piperidine rings is 1. The van der Waals surface area contributed by atoms with Crippen molar-refractivity contribution >= 4 is 11.9 Å². The van der Waals surface area contributed by atoms with Crippen molar-refractivity contribution in [1.82, 2.24) is 15.5 Å². The molecule has 0 aliphatic carbocycles. The third kappa shape index (κ3) is 2.52. The van der Waals surface area contributed by atoms with E-state index in [0.29, 0.717) is 25.9 Å². The van der Waals surface area contributed by atoms with E-state index in [4.69, 9.17) is 5.73 Å². The van der Waals surface area contributed by atoms with Gasteiger partial charge < -0.3 is 16.4 Å². The molecule has 6 nitrogen and oxygen atoms in total. The van der Waals surface area contributed by atoms with Gasteiger partial charge in [0.1, 0.15) is 5.54 Å². The molecule has 3 amide bonds. The molecule has 1 spiro atoms. The van der Waals surface area contributed by atoms with Gasteiger partial charge in [-0.25, -0.2) is 4.79 Å². The molecular formula is C15H20N4O2. The van der Waals surface area contributed by atoms with Gasteiger partial charge in [0, 0.05) is 6.54 Å². The van der Waals surface area contributed by atoms with Gasteiger partial charge in [-0.1, -0.05) is 24.3 Å². The Bertz CT molecular complexity index is 549. The minimum Gasteiger partial charge on any atom is -0.326 e. The molecule has 0 unspecified atom stereocenters. The number of amides is 3. The Kier molecular flexibility index (Phi) is 3.65. The van der Waals surface area contributed by atoms with Crippen molar-refractivity contribution < 1.29 is 9.59 Å². The molecule has 6 heteroatoms. The number of rotatable bonds is 3. The fraction of sp³-hybridized carbons (Fsp3) is 0.467. The second-order valence-corrected chi connectivity index (χ2v) is 5.67. The number of imide groups is 1. The van der Waals surface area contributed by atoms with E-state index >= 15 is 0 Å². The average Bonchev–Trinajstić information content (AvgIpc) is 2.73. The lowest BCUT2D eigenvalue weighted by atomic mass is 9.88. The number of hydrogen-bond acceptors (Lipinski definition) is 4. The average molecular weight is 288 g/mol. The van der Waals surface area contributed by atoms with Gasteiger partial charge >= 0.3 is 6.03 Å². The number of nitrogens with one attached hydrogen (secondary N) is 2. The molecule has 2 heterocycles. The first-order valence-electron chi connectivity index (χ1n) is 7.27. The highest BCUT2D eigenvalue weighted by atomic mass is 16.2. The van der Waals surface area contributed by atoms with E-state index in [1.165, 1.54) is 4.90 Å². The molecule has 0 saturated carbocycles. The predicted octanol–water partition coefficient (Wildman–Crippen LogP) is 0.319. The van der Waals surface area contributed by atoms with Crippen LogP contribution in [0.3, 0.4) is 0 Å². The molecule has 2 aliphatic rings. The Hall–Kier alpha value is -1.92. The molecule has 21 heavy (non-hydrogen) atoms. The summed E-state index contributed by atoms with van der Waals surface area (Å²) in [5, 5.41) is 6.10. The Labute approximate surface area is 123 Å². The van der Waals surface area contributed by atoms with Crippen molar-refractivity contribution in [2.45, 2.75) is 31.5 Å². The maximum atomic E-state index is 12.6. The lowest BCUT2D eigenvalue weighted by Crippen LogP contribution is -2.53. The van der Waals surface area contributed by atoms with Gasteiger partial charge in [0.2, 0.25) is 0 Å². The molecule has 0 bridgehead atoms. The van der Waals surface area contributed by atoms with Crippen LogP contribution in [-0.2, 0) is 17.9 Å². The summed E-state index contributed by atoms with van der Waals surface area (Å²) in [6, 6.07) is 7.39. The summed E-state index contributed by atoms with van der Waals surface area (Å²) in [5.74, 6) is -0.100. The van der Waals surface area contributed by atoms with Crippen LogP contribution in [0.25, 0.3) is 0 Å². The molecule has 2 saturated heterocycles. The molecular weight excluding hydrogens is 268 g/mol. The fourth-order valence-electron chi connectivity index (χ4n) is 2.98. The van der Waals surface area contributed by atoms with Crippen LogP contribution in [0.15, 0.2) is 24.3 Å². The third-order valence-corrected chi connectivity index (χ3v) is 4.30. The topological polar surface area (TPSA) is 87.5 Å². The largest absolute Gasteiger partial charge is 0.326 e. The SMILES string of the molecule is NCc1ccc(CN2C(=O)NC3(CCNCC3)C2=O)cc1. The van der Waals surface area contributed by atoms with Crippen LogP contribution in [0, 0.1) is 0 Å². The summed E-state index contributed by atoms with van der Waals surface area (Å²) in [7, 11) is 0. The van der Waals surface area contributed by atoms with Gasteiger partial charge in [-0.2, -0.15) is 0 Å². The molecule has 2 fully saturated rings. The van der Waals surface area contributed by atoms with Crippen LogP contribution in [0.4, 0.5) is 4.79 Å². The highest BCUT2D eigenvalue weighted by molar-refractivity contribution is 6.07. The number of urea groups is 1. The summed E-state index contributed by atoms with van der Waals surface area (Å²) < 4.78 is 0. The normalized spacial score (nSPS) is 20.9. The van der Waals surface area contributed by atoms with Crippen LogP contribution in [-0.4, -0.2) is 35.5 Å². The van der Waals surface area contributed by atoms with Crippen molar-refractivity contribution in [3.8, 4) is 0 Å². The number of carbonyl (C=O) groups is 2. The van der Waals surface area contributed by atoms with E-state index in [2.05, 4.69) is 10.6 Å². The minimum atomic E-state index is -0.695. The first-order chi connectivity index (χ1) is 10.1. The van der Waals surface area contributed by atoms with E-state index in [0.717, 1.165) is 24.2 Å². The molecule has 1 aromatic carbocycles. The van der Waals surface area contributed by atoms with Crippen molar-refractivity contribution in [1.29, 1.82) is 0 Å². The standard InChI is InChI=1S/C15H20N4O2/c16-9-11-1-3-12(4-2-11)10-19-13(20)15(18-14(19)21)5-7-17-8-6-15/h1-4,17H,5-10,16H2,(H,18,21). The second-order valence-electron chi connectivity index (χ2n) is 5.67. The lowest BCUT2D eigenvalue weighted by Gasteiger charge is -2.31. The van der Waals surface area contributed by atoms with Gasteiger partial charge in [-0.3, -0.25) is 9.69 Å². The molecule has 4 N–H and O–H groups in total. The van der Waals surface area contributed by atoms with E-state index in [1.807, 2.05) is 24.3 Å². The first kappa shape index (κ1) is 14.0. The highest BCUT2D eigenvalue weighted by Crippen LogP contribution is 2.28. The van der Waals surface area contributed by atoms with Crippen LogP contribution < -0.4 is 16.4 Å². The van der Waals surface area contributed by atoms with Crippen LogP contribution >= 0.6 is 0 Å². The molecule has 0 atom stereocenters. The summed E-state index contributed by atoms with van der Waals surface area (Å²) in [6.45, 7) is 2.31. The zero-order valence-corrected chi connectivity index (χ0v) is 11.9. The van der Waals surface area contributed by atoms with Gasteiger partial charge in [0.05, 0.1) is 6.54 Å². The van der Waals surface area contributed by atoms with Gasteiger partial charge in [-0.05, 0) is 37.1 Å². The Balaban J connectivity index is 1.75. The van der Waals surface area contributed by atoms with Crippen LogP contribution in [0.5, 0.6) is 0 Å². The van der Waals surface area contributed by atoms with Crippen molar-refractivity contribution in [2.75, 3.05) is 13.1 Å². The highest BCUT2D eigenvalue weighted by Gasteiger charge is 2.51. The Morgan fingerprint density at radius 3 is 2.33 bits per heavy atom. The van der Waals surface area contributed by atoms with Gasteiger partial charge in [0.15, 0.2) is 0 Å². The maximum absolute atomic E-state index is 12.6. The lowest BCUT2D eigenvalue weighted by molar-refractivity contribution is -0.132. The number of benzene rings is 1. The van der Waals surface area contributed by atoms with Crippen LogP contribution in [0.2, 0.25) is 0 Å². The van der Waals surface area contributed by atoms with Crippen molar-refractivity contribution in [2.24, 2.45) is 5.73 Å². The van der Waals surface area contributed by atoms with E-state index in [9.17, 15) is 9.59 Å². The van der Waals surface area contributed by atoms with Gasteiger partial charge in [-0.15, -0.1) is 0 Å². The smallest absolute Gasteiger partial charge is 0.325 e.